The first-order valence-corrected chi connectivity index (χ1v) is 6.67. The van der Waals surface area contributed by atoms with Gasteiger partial charge in [-0.05, 0) is 49.5 Å². The molecule has 0 aromatic carbocycles. The minimum absolute atomic E-state index is 0.0134. The number of esters is 1. The van der Waals surface area contributed by atoms with E-state index in [9.17, 15) is 4.79 Å². The largest absolute Gasteiger partial charge is 0.458 e. The topological polar surface area (TPSA) is 26.3 Å². The minimum atomic E-state index is -0.0134. The molecular weight excluding hydrogens is 200 g/mol. The third-order valence-corrected chi connectivity index (χ3v) is 4.67. The van der Waals surface area contributed by atoms with E-state index in [-0.39, 0.29) is 12.1 Å². The monoisotopic (exact) mass is 220 g/mol. The smallest absolute Gasteiger partial charge is 0.306 e. The number of allylic oxidation sites excluding steroid dienone is 1. The normalized spacial score (nSPS) is 43.7. The third kappa shape index (κ3) is 1.50. The van der Waals surface area contributed by atoms with Gasteiger partial charge < -0.3 is 4.74 Å². The molecule has 0 radical (unpaired) electrons. The van der Waals surface area contributed by atoms with Gasteiger partial charge in [0.2, 0.25) is 0 Å². The molecule has 0 aliphatic heterocycles. The maximum atomic E-state index is 11.5. The number of fused-ring (bicyclic) bond motifs is 5. The Bertz CT molecular complexity index is 321. The molecule has 0 spiro atoms. The first-order chi connectivity index (χ1) is 7.79. The summed E-state index contributed by atoms with van der Waals surface area (Å²) in [5.41, 5.74) is 0. The number of carbonyl (C=O) groups excluding carboxylic acids is 1. The van der Waals surface area contributed by atoms with E-state index in [0.29, 0.717) is 12.3 Å². The Morgan fingerprint density at radius 3 is 2.94 bits per heavy atom. The number of carbonyl (C=O) groups is 1. The average Bonchev–Trinajstić information content (AvgIpc) is 2.90. The summed E-state index contributed by atoms with van der Waals surface area (Å²) in [6.45, 7) is 2.02. The molecule has 0 aromatic heterocycles. The van der Waals surface area contributed by atoms with Crippen LogP contribution in [-0.4, -0.2) is 12.1 Å². The molecule has 0 amide bonds. The van der Waals surface area contributed by atoms with Crippen molar-refractivity contribution < 1.29 is 9.53 Å². The molecule has 2 bridgehead atoms. The van der Waals surface area contributed by atoms with Crippen molar-refractivity contribution in [1.82, 2.24) is 0 Å². The van der Waals surface area contributed by atoms with Crippen molar-refractivity contribution in [2.45, 2.75) is 45.1 Å². The molecule has 0 saturated heterocycles. The zero-order valence-electron chi connectivity index (χ0n) is 9.89. The van der Waals surface area contributed by atoms with Gasteiger partial charge in [-0.15, -0.1) is 0 Å². The molecule has 2 nitrogen and oxygen atoms in total. The van der Waals surface area contributed by atoms with Gasteiger partial charge in [-0.2, -0.15) is 0 Å². The first kappa shape index (κ1) is 10.4. The van der Waals surface area contributed by atoms with E-state index in [0.717, 1.165) is 24.2 Å². The highest BCUT2D eigenvalue weighted by molar-refractivity contribution is 5.69. The van der Waals surface area contributed by atoms with Crippen LogP contribution in [0.2, 0.25) is 0 Å². The highest BCUT2D eigenvalue weighted by Crippen LogP contribution is 2.56. The molecule has 5 atom stereocenters. The minimum Gasteiger partial charge on any atom is -0.458 e. The maximum Gasteiger partial charge on any atom is 0.306 e. The lowest BCUT2D eigenvalue weighted by atomic mass is 9.80. The van der Waals surface area contributed by atoms with Crippen LogP contribution >= 0.6 is 0 Å². The fourth-order valence-corrected chi connectivity index (χ4v) is 4.05. The second-order valence-corrected chi connectivity index (χ2v) is 5.58. The fourth-order valence-electron chi connectivity index (χ4n) is 4.05. The SMILES string of the molecule is CCCC(=O)OC1C=CC2C3CCC(C3)C12. The Kier molecular flexibility index (Phi) is 2.53. The fraction of sp³-hybridized carbons (Fsp3) is 0.786. The average molecular weight is 220 g/mol. The van der Waals surface area contributed by atoms with Crippen molar-refractivity contribution >= 4 is 5.97 Å². The predicted molar refractivity (Wildman–Crippen MR) is 61.7 cm³/mol. The van der Waals surface area contributed by atoms with Crippen LogP contribution in [0.3, 0.4) is 0 Å². The second kappa shape index (κ2) is 3.90. The molecule has 5 unspecified atom stereocenters. The molecule has 3 rings (SSSR count). The van der Waals surface area contributed by atoms with Crippen LogP contribution in [0.4, 0.5) is 0 Å². The molecule has 2 fully saturated rings. The summed E-state index contributed by atoms with van der Waals surface area (Å²) in [7, 11) is 0. The van der Waals surface area contributed by atoms with Gasteiger partial charge in [0, 0.05) is 12.3 Å². The standard InChI is InChI=1S/C14H20O2/c1-2-3-13(15)16-12-7-6-11-9-4-5-10(8-9)14(11)12/h6-7,9-12,14H,2-5,8H2,1H3. The van der Waals surface area contributed by atoms with Crippen LogP contribution in [0, 0.1) is 23.7 Å². The molecule has 2 saturated carbocycles. The molecule has 3 aliphatic carbocycles. The first-order valence-electron chi connectivity index (χ1n) is 6.67. The Labute approximate surface area is 97.1 Å². The van der Waals surface area contributed by atoms with Crippen molar-refractivity contribution in [3.63, 3.8) is 0 Å². The maximum absolute atomic E-state index is 11.5. The van der Waals surface area contributed by atoms with E-state index in [2.05, 4.69) is 12.2 Å². The quantitative estimate of drug-likeness (QED) is 0.540. The van der Waals surface area contributed by atoms with E-state index in [4.69, 9.17) is 4.74 Å². The summed E-state index contributed by atoms with van der Waals surface area (Å²) in [6, 6.07) is 0. The number of ether oxygens (including phenoxy) is 1. The Morgan fingerprint density at radius 2 is 2.12 bits per heavy atom. The van der Waals surface area contributed by atoms with Crippen LogP contribution in [0.5, 0.6) is 0 Å². The van der Waals surface area contributed by atoms with Gasteiger partial charge in [-0.1, -0.05) is 13.0 Å². The lowest BCUT2D eigenvalue weighted by Crippen LogP contribution is -2.30. The van der Waals surface area contributed by atoms with Crippen molar-refractivity contribution in [2.24, 2.45) is 23.7 Å². The number of hydrogen-bond acceptors (Lipinski definition) is 2. The molecule has 88 valence electrons. The summed E-state index contributed by atoms with van der Waals surface area (Å²) in [5.74, 6) is 3.05. The molecule has 0 aromatic rings. The third-order valence-electron chi connectivity index (χ3n) is 4.67. The van der Waals surface area contributed by atoms with Gasteiger partial charge in [0.05, 0.1) is 0 Å². The Hall–Kier alpha value is -0.790. The van der Waals surface area contributed by atoms with Gasteiger partial charge >= 0.3 is 5.97 Å². The summed E-state index contributed by atoms with van der Waals surface area (Å²) in [4.78, 5) is 11.5. The van der Waals surface area contributed by atoms with Crippen molar-refractivity contribution in [1.29, 1.82) is 0 Å². The molecular formula is C14H20O2. The summed E-state index contributed by atoms with van der Waals surface area (Å²) >= 11 is 0. The van der Waals surface area contributed by atoms with E-state index in [1.807, 2.05) is 6.92 Å². The van der Waals surface area contributed by atoms with Gasteiger partial charge in [0.15, 0.2) is 0 Å². The molecule has 0 heterocycles. The summed E-state index contributed by atoms with van der Waals surface area (Å²) in [5, 5.41) is 0. The van der Waals surface area contributed by atoms with Crippen LogP contribution in [0.1, 0.15) is 39.0 Å². The van der Waals surface area contributed by atoms with Gasteiger partial charge in [0.1, 0.15) is 6.10 Å². The van der Waals surface area contributed by atoms with Crippen molar-refractivity contribution in [3.8, 4) is 0 Å². The Balaban J connectivity index is 1.66. The Morgan fingerprint density at radius 1 is 1.31 bits per heavy atom. The highest BCUT2D eigenvalue weighted by Gasteiger charge is 2.52. The number of rotatable bonds is 3. The van der Waals surface area contributed by atoms with Crippen LogP contribution < -0.4 is 0 Å². The van der Waals surface area contributed by atoms with E-state index >= 15 is 0 Å². The lowest BCUT2D eigenvalue weighted by molar-refractivity contribution is -0.149. The number of hydrogen-bond donors (Lipinski definition) is 0. The zero-order chi connectivity index (χ0) is 11.1. The van der Waals surface area contributed by atoms with E-state index in [1.165, 1.54) is 19.3 Å². The highest BCUT2D eigenvalue weighted by atomic mass is 16.5. The molecule has 2 heteroatoms. The summed E-state index contributed by atoms with van der Waals surface area (Å²) in [6.07, 6.45) is 10.1. The molecule has 16 heavy (non-hydrogen) atoms. The summed E-state index contributed by atoms with van der Waals surface area (Å²) < 4.78 is 5.59. The van der Waals surface area contributed by atoms with Crippen molar-refractivity contribution in [2.75, 3.05) is 0 Å². The second-order valence-electron chi connectivity index (χ2n) is 5.58. The van der Waals surface area contributed by atoms with Crippen LogP contribution in [-0.2, 0) is 9.53 Å². The van der Waals surface area contributed by atoms with Crippen LogP contribution in [0.25, 0.3) is 0 Å². The van der Waals surface area contributed by atoms with Crippen molar-refractivity contribution in [3.05, 3.63) is 12.2 Å². The van der Waals surface area contributed by atoms with Crippen LogP contribution in [0.15, 0.2) is 12.2 Å². The van der Waals surface area contributed by atoms with E-state index < -0.39 is 0 Å². The zero-order valence-corrected chi connectivity index (χ0v) is 9.89. The van der Waals surface area contributed by atoms with Gasteiger partial charge in [0.25, 0.3) is 0 Å². The molecule has 0 N–H and O–H groups in total. The van der Waals surface area contributed by atoms with Gasteiger partial charge in [-0.25, -0.2) is 0 Å². The lowest BCUT2D eigenvalue weighted by Gasteiger charge is -2.28. The predicted octanol–water partition coefficient (Wildman–Crippen LogP) is 2.93. The van der Waals surface area contributed by atoms with Gasteiger partial charge in [-0.3, -0.25) is 4.79 Å². The molecule has 3 aliphatic rings. The van der Waals surface area contributed by atoms with E-state index in [1.54, 1.807) is 0 Å².